The normalized spacial score (nSPS) is 11.8. The first-order valence-electron chi connectivity index (χ1n) is 6.76. The van der Waals surface area contributed by atoms with Crippen molar-refractivity contribution in [3.63, 3.8) is 0 Å². The first kappa shape index (κ1) is 15.0. The molecule has 3 aromatic rings. The lowest BCUT2D eigenvalue weighted by molar-refractivity contribution is 0.596. The SMILES string of the molecule is Cc1ccc(S(=O)(=O)c2cc(C)nc3ccc(Cl)cc23)cc1. The molecule has 3 nitrogen and oxygen atoms in total. The van der Waals surface area contributed by atoms with Crippen molar-refractivity contribution in [2.75, 3.05) is 0 Å². The number of rotatable bonds is 2. The fraction of sp³-hybridized carbons (Fsp3) is 0.118. The maximum atomic E-state index is 13.0. The number of benzene rings is 2. The van der Waals surface area contributed by atoms with Crippen molar-refractivity contribution < 1.29 is 8.42 Å². The first-order chi connectivity index (χ1) is 10.4. The van der Waals surface area contributed by atoms with E-state index in [1.54, 1.807) is 55.5 Å². The summed E-state index contributed by atoms with van der Waals surface area (Å²) in [5, 5.41) is 1.03. The third kappa shape index (κ3) is 2.60. The predicted octanol–water partition coefficient (Wildman–Crippen LogP) is 4.34. The number of fused-ring (bicyclic) bond motifs is 1. The third-order valence-corrected chi connectivity index (χ3v) is 5.53. The Bertz CT molecular complexity index is 964. The molecule has 0 amide bonds. The highest BCUT2D eigenvalue weighted by atomic mass is 35.5. The van der Waals surface area contributed by atoms with E-state index in [9.17, 15) is 8.42 Å². The Morgan fingerprint density at radius 3 is 2.32 bits per heavy atom. The maximum Gasteiger partial charge on any atom is 0.207 e. The second-order valence-corrected chi connectivity index (χ2v) is 7.59. The smallest absolute Gasteiger partial charge is 0.207 e. The van der Waals surface area contributed by atoms with Gasteiger partial charge < -0.3 is 0 Å². The monoisotopic (exact) mass is 331 g/mol. The molecule has 0 radical (unpaired) electrons. The van der Waals surface area contributed by atoms with Gasteiger partial charge in [-0.15, -0.1) is 0 Å². The molecular formula is C17H14ClNO2S. The van der Waals surface area contributed by atoms with Gasteiger partial charge in [0.25, 0.3) is 0 Å². The lowest BCUT2D eigenvalue weighted by Crippen LogP contribution is -2.04. The molecule has 1 aromatic heterocycles. The maximum absolute atomic E-state index is 13.0. The van der Waals surface area contributed by atoms with Crippen molar-refractivity contribution in [1.29, 1.82) is 0 Å². The second-order valence-electron chi connectivity index (χ2n) is 5.24. The van der Waals surface area contributed by atoms with Crippen LogP contribution in [0.4, 0.5) is 0 Å². The number of aryl methyl sites for hydroxylation is 2. The van der Waals surface area contributed by atoms with Crippen LogP contribution in [0.5, 0.6) is 0 Å². The Labute approximate surface area is 134 Å². The molecule has 0 aliphatic carbocycles. The summed E-state index contributed by atoms with van der Waals surface area (Å²) in [4.78, 5) is 4.88. The molecule has 3 rings (SSSR count). The van der Waals surface area contributed by atoms with Crippen LogP contribution in [0, 0.1) is 13.8 Å². The van der Waals surface area contributed by atoms with E-state index < -0.39 is 9.84 Å². The zero-order chi connectivity index (χ0) is 15.9. The van der Waals surface area contributed by atoms with Crippen LogP contribution in [0.15, 0.2) is 58.3 Å². The van der Waals surface area contributed by atoms with Crippen LogP contribution in [0.25, 0.3) is 10.9 Å². The molecule has 0 aliphatic rings. The van der Waals surface area contributed by atoms with E-state index in [1.807, 2.05) is 6.92 Å². The molecule has 0 atom stereocenters. The lowest BCUT2D eigenvalue weighted by Gasteiger charge is -2.10. The Balaban J connectivity index is 2.33. The van der Waals surface area contributed by atoms with E-state index in [4.69, 9.17) is 11.6 Å². The van der Waals surface area contributed by atoms with Gasteiger partial charge in [-0.2, -0.15) is 0 Å². The summed E-state index contributed by atoms with van der Waals surface area (Å²) < 4.78 is 25.9. The van der Waals surface area contributed by atoms with Crippen molar-refractivity contribution in [1.82, 2.24) is 4.98 Å². The van der Waals surface area contributed by atoms with Crippen molar-refractivity contribution in [2.24, 2.45) is 0 Å². The Morgan fingerprint density at radius 1 is 0.955 bits per heavy atom. The van der Waals surface area contributed by atoms with Crippen molar-refractivity contribution in [3.8, 4) is 0 Å². The van der Waals surface area contributed by atoms with Gasteiger partial charge in [-0.05, 0) is 50.2 Å². The van der Waals surface area contributed by atoms with Crippen molar-refractivity contribution >= 4 is 32.3 Å². The summed E-state index contributed by atoms with van der Waals surface area (Å²) in [7, 11) is -3.62. The Kier molecular flexibility index (Phi) is 3.67. The summed E-state index contributed by atoms with van der Waals surface area (Å²) in [6.07, 6.45) is 0. The van der Waals surface area contributed by atoms with Gasteiger partial charge in [-0.1, -0.05) is 29.3 Å². The Hall–Kier alpha value is -1.91. The number of sulfone groups is 1. The van der Waals surface area contributed by atoms with Crippen LogP contribution in [0.3, 0.4) is 0 Å². The molecule has 112 valence electrons. The largest absolute Gasteiger partial charge is 0.253 e. The van der Waals surface area contributed by atoms with E-state index in [-0.39, 0.29) is 9.79 Å². The van der Waals surface area contributed by atoms with Crippen molar-refractivity contribution in [3.05, 3.63) is 64.8 Å². The molecule has 0 saturated heterocycles. The predicted molar refractivity (Wildman–Crippen MR) is 88.1 cm³/mol. The summed E-state index contributed by atoms with van der Waals surface area (Å²) >= 11 is 6.02. The highest BCUT2D eigenvalue weighted by Crippen LogP contribution is 2.30. The van der Waals surface area contributed by atoms with Gasteiger partial charge in [-0.3, -0.25) is 4.98 Å². The molecule has 22 heavy (non-hydrogen) atoms. The molecule has 2 aromatic carbocycles. The minimum atomic E-state index is -3.62. The first-order valence-corrected chi connectivity index (χ1v) is 8.63. The van der Waals surface area contributed by atoms with Crippen LogP contribution in [-0.2, 0) is 9.84 Å². The number of pyridine rings is 1. The van der Waals surface area contributed by atoms with Gasteiger partial charge in [0.15, 0.2) is 0 Å². The van der Waals surface area contributed by atoms with Gasteiger partial charge in [0.05, 0.1) is 15.3 Å². The molecule has 0 unspecified atom stereocenters. The highest BCUT2D eigenvalue weighted by molar-refractivity contribution is 7.91. The summed E-state index contributed by atoms with van der Waals surface area (Å²) in [6, 6.07) is 13.5. The van der Waals surface area contributed by atoms with E-state index in [0.29, 0.717) is 21.6 Å². The molecule has 0 spiro atoms. The summed E-state index contributed by atoms with van der Waals surface area (Å²) in [5.74, 6) is 0. The van der Waals surface area contributed by atoms with Gasteiger partial charge >= 0.3 is 0 Å². The molecule has 1 heterocycles. The third-order valence-electron chi connectivity index (χ3n) is 3.48. The fourth-order valence-corrected chi connectivity index (χ4v) is 4.06. The minimum absolute atomic E-state index is 0.237. The number of aromatic nitrogens is 1. The van der Waals surface area contributed by atoms with Gasteiger partial charge in [0.2, 0.25) is 9.84 Å². The summed E-state index contributed by atoms with van der Waals surface area (Å²) in [6.45, 7) is 3.70. The molecular weight excluding hydrogens is 318 g/mol. The number of halogens is 1. The molecule has 0 aliphatic heterocycles. The molecule has 0 fully saturated rings. The van der Waals surface area contributed by atoms with E-state index in [1.165, 1.54) is 0 Å². The van der Waals surface area contributed by atoms with E-state index in [0.717, 1.165) is 5.56 Å². The van der Waals surface area contributed by atoms with Gasteiger partial charge in [0, 0.05) is 16.1 Å². The van der Waals surface area contributed by atoms with Crippen LogP contribution in [0.1, 0.15) is 11.3 Å². The topological polar surface area (TPSA) is 47.0 Å². The Morgan fingerprint density at radius 2 is 1.64 bits per heavy atom. The van der Waals surface area contributed by atoms with E-state index >= 15 is 0 Å². The zero-order valence-corrected chi connectivity index (χ0v) is 13.7. The second kappa shape index (κ2) is 5.38. The number of hydrogen-bond donors (Lipinski definition) is 0. The average molecular weight is 332 g/mol. The highest BCUT2D eigenvalue weighted by Gasteiger charge is 2.21. The lowest BCUT2D eigenvalue weighted by atomic mass is 10.2. The molecule has 0 N–H and O–H groups in total. The van der Waals surface area contributed by atoms with Crippen LogP contribution < -0.4 is 0 Å². The van der Waals surface area contributed by atoms with Crippen LogP contribution >= 0.6 is 11.6 Å². The van der Waals surface area contributed by atoms with E-state index in [2.05, 4.69) is 4.98 Å². The molecule has 0 saturated carbocycles. The van der Waals surface area contributed by atoms with Crippen molar-refractivity contribution in [2.45, 2.75) is 23.6 Å². The molecule has 5 heteroatoms. The number of hydrogen-bond acceptors (Lipinski definition) is 3. The minimum Gasteiger partial charge on any atom is -0.253 e. The van der Waals surface area contributed by atoms with Gasteiger partial charge in [-0.25, -0.2) is 8.42 Å². The quantitative estimate of drug-likeness (QED) is 0.702. The summed E-state index contributed by atoms with van der Waals surface area (Å²) in [5.41, 5.74) is 2.29. The fourth-order valence-electron chi connectivity index (χ4n) is 2.36. The number of nitrogens with zero attached hydrogens (tertiary/aromatic N) is 1. The van der Waals surface area contributed by atoms with Gasteiger partial charge in [0.1, 0.15) is 0 Å². The zero-order valence-electron chi connectivity index (χ0n) is 12.2. The van der Waals surface area contributed by atoms with Crippen LogP contribution in [-0.4, -0.2) is 13.4 Å². The standard InChI is InChI=1S/C17H14ClNO2S/c1-11-3-6-14(7-4-11)22(20,21)17-9-12(2)19-16-8-5-13(18)10-15(16)17/h3-10H,1-2H3. The van der Waals surface area contributed by atoms with Crippen LogP contribution in [0.2, 0.25) is 5.02 Å². The average Bonchev–Trinajstić information content (AvgIpc) is 2.47. The molecule has 0 bridgehead atoms.